The Kier molecular flexibility index (Phi) is 4.29. The molecular weight excluding hydrogens is 302 g/mol. The van der Waals surface area contributed by atoms with Gasteiger partial charge in [0.25, 0.3) is 0 Å². The Hall–Kier alpha value is -3.53. The lowest BCUT2D eigenvalue weighted by atomic mass is 10.2. The first-order valence-electron chi connectivity index (χ1n) is 7.30. The average Bonchev–Trinajstić information content (AvgIpc) is 2.59. The van der Waals surface area contributed by atoms with E-state index in [0.29, 0.717) is 28.7 Å². The minimum atomic E-state index is 0.446. The molecule has 0 saturated carbocycles. The number of nitriles is 1. The Bertz CT molecular complexity index is 915. The number of hydrogen-bond donors (Lipinski definition) is 2. The number of pyridine rings is 2. The maximum absolute atomic E-state index is 9.11. The standard InChI is InChI=1S/C17H15N7/c1-11-3-4-15(22-12(11)2)24-17-7-16(20-10-21-17)23-14-5-6-19-9-13(14)8-18/h3-7,9-10H,1-2H3,(H2,19,20,21,22,23,24). The quantitative estimate of drug-likeness (QED) is 0.762. The lowest BCUT2D eigenvalue weighted by Crippen LogP contribution is -2.01. The van der Waals surface area contributed by atoms with Crippen LogP contribution in [0.5, 0.6) is 0 Å². The summed E-state index contributed by atoms with van der Waals surface area (Å²) in [5.74, 6) is 1.89. The largest absolute Gasteiger partial charge is 0.339 e. The van der Waals surface area contributed by atoms with Gasteiger partial charge in [-0.15, -0.1) is 0 Å². The normalized spacial score (nSPS) is 10.0. The molecule has 3 rings (SSSR count). The fraction of sp³-hybridized carbons (Fsp3) is 0.118. The van der Waals surface area contributed by atoms with E-state index in [4.69, 9.17) is 5.26 Å². The highest BCUT2D eigenvalue weighted by Gasteiger charge is 2.05. The molecule has 0 atom stereocenters. The van der Waals surface area contributed by atoms with Crippen LogP contribution in [0.25, 0.3) is 0 Å². The molecule has 0 saturated heterocycles. The molecule has 7 heteroatoms. The van der Waals surface area contributed by atoms with Crippen molar-refractivity contribution in [1.29, 1.82) is 5.26 Å². The molecule has 2 N–H and O–H groups in total. The molecule has 0 aliphatic rings. The van der Waals surface area contributed by atoms with Gasteiger partial charge in [0.2, 0.25) is 0 Å². The van der Waals surface area contributed by atoms with Crippen LogP contribution in [0.3, 0.4) is 0 Å². The van der Waals surface area contributed by atoms with Gasteiger partial charge in [0.05, 0.1) is 11.3 Å². The van der Waals surface area contributed by atoms with Gasteiger partial charge < -0.3 is 10.6 Å². The maximum atomic E-state index is 9.11. The predicted octanol–water partition coefficient (Wildman–Crippen LogP) is 3.24. The van der Waals surface area contributed by atoms with E-state index >= 15 is 0 Å². The topological polar surface area (TPSA) is 99.4 Å². The fourth-order valence-electron chi connectivity index (χ4n) is 2.06. The Morgan fingerprint density at radius 3 is 2.54 bits per heavy atom. The van der Waals surface area contributed by atoms with Gasteiger partial charge in [-0.05, 0) is 31.5 Å². The van der Waals surface area contributed by atoms with E-state index in [9.17, 15) is 0 Å². The molecule has 24 heavy (non-hydrogen) atoms. The van der Waals surface area contributed by atoms with Gasteiger partial charge in [-0.2, -0.15) is 5.26 Å². The van der Waals surface area contributed by atoms with E-state index in [2.05, 4.69) is 36.6 Å². The zero-order chi connectivity index (χ0) is 16.9. The second kappa shape index (κ2) is 6.71. The summed E-state index contributed by atoms with van der Waals surface area (Å²) < 4.78 is 0. The van der Waals surface area contributed by atoms with Crippen molar-refractivity contribution < 1.29 is 0 Å². The molecule has 0 amide bonds. The first-order chi connectivity index (χ1) is 11.7. The first-order valence-corrected chi connectivity index (χ1v) is 7.30. The highest BCUT2D eigenvalue weighted by molar-refractivity contribution is 5.65. The SMILES string of the molecule is Cc1ccc(Nc2cc(Nc3ccncc3C#N)ncn2)nc1C. The minimum absolute atomic E-state index is 0.446. The van der Waals surface area contributed by atoms with Gasteiger partial charge in [0, 0.05) is 24.2 Å². The lowest BCUT2D eigenvalue weighted by Gasteiger charge is -2.10. The summed E-state index contributed by atoms with van der Waals surface area (Å²) in [6, 6.07) is 9.46. The minimum Gasteiger partial charge on any atom is -0.339 e. The summed E-state index contributed by atoms with van der Waals surface area (Å²) in [5, 5.41) is 15.4. The van der Waals surface area contributed by atoms with Crippen LogP contribution in [0.1, 0.15) is 16.8 Å². The molecule has 3 heterocycles. The van der Waals surface area contributed by atoms with Crippen LogP contribution < -0.4 is 10.6 Å². The number of aryl methyl sites for hydroxylation is 2. The first kappa shape index (κ1) is 15.4. The van der Waals surface area contributed by atoms with E-state index in [-0.39, 0.29) is 0 Å². The number of rotatable bonds is 4. The molecular formula is C17H15N7. The summed E-state index contributed by atoms with van der Waals surface area (Å²) in [6.07, 6.45) is 4.56. The van der Waals surface area contributed by atoms with E-state index < -0.39 is 0 Å². The number of nitrogens with one attached hydrogen (secondary N) is 2. The zero-order valence-corrected chi connectivity index (χ0v) is 13.3. The van der Waals surface area contributed by atoms with Crippen LogP contribution >= 0.6 is 0 Å². The molecule has 0 spiro atoms. The third kappa shape index (κ3) is 3.44. The molecule has 118 valence electrons. The van der Waals surface area contributed by atoms with Gasteiger partial charge in [-0.1, -0.05) is 6.07 Å². The third-order valence-corrected chi connectivity index (χ3v) is 3.48. The third-order valence-electron chi connectivity index (χ3n) is 3.48. The molecule has 0 fully saturated rings. The second-order valence-electron chi connectivity index (χ2n) is 5.17. The molecule has 7 nitrogen and oxygen atoms in total. The van der Waals surface area contributed by atoms with Gasteiger partial charge in [-0.3, -0.25) is 4.98 Å². The van der Waals surface area contributed by atoms with Gasteiger partial charge in [-0.25, -0.2) is 15.0 Å². The molecule has 0 radical (unpaired) electrons. The van der Waals surface area contributed by atoms with E-state index in [1.165, 1.54) is 12.5 Å². The Balaban J connectivity index is 1.81. The van der Waals surface area contributed by atoms with Crippen molar-refractivity contribution in [2.45, 2.75) is 13.8 Å². The van der Waals surface area contributed by atoms with Gasteiger partial charge in [0.15, 0.2) is 0 Å². The Morgan fingerprint density at radius 2 is 1.79 bits per heavy atom. The van der Waals surface area contributed by atoms with Crippen molar-refractivity contribution >= 4 is 23.1 Å². The summed E-state index contributed by atoms with van der Waals surface area (Å²) in [5.41, 5.74) is 3.18. The van der Waals surface area contributed by atoms with Crippen LogP contribution in [0.4, 0.5) is 23.1 Å². The van der Waals surface area contributed by atoms with E-state index in [1.807, 2.05) is 26.0 Å². The molecule has 3 aromatic rings. The van der Waals surface area contributed by atoms with Crippen LogP contribution in [0, 0.1) is 25.2 Å². The monoisotopic (exact) mass is 317 g/mol. The molecule has 0 unspecified atom stereocenters. The zero-order valence-electron chi connectivity index (χ0n) is 13.3. The number of nitrogens with zero attached hydrogens (tertiary/aromatic N) is 5. The predicted molar refractivity (Wildman–Crippen MR) is 91.3 cm³/mol. The Labute approximate surface area is 139 Å². The van der Waals surface area contributed by atoms with Crippen LogP contribution in [-0.4, -0.2) is 19.9 Å². The summed E-state index contributed by atoms with van der Waals surface area (Å²) in [7, 11) is 0. The van der Waals surface area contributed by atoms with Crippen LogP contribution in [0.15, 0.2) is 43.0 Å². The van der Waals surface area contributed by atoms with Crippen molar-refractivity contribution in [1.82, 2.24) is 19.9 Å². The smallest absolute Gasteiger partial charge is 0.137 e. The van der Waals surface area contributed by atoms with Gasteiger partial charge >= 0.3 is 0 Å². The molecule has 0 aliphatic heterocycles. The maximum Gasteiger partial charge on any atom is 0.137 e. The molecule has 0 bridgehead atoms. The van der Waals surface area contributed by atoms with Crippen LogP contribution in [-0.2, 0) is 0 Å². The lowest BCUT2D eigenvalue weighted by molar-refractivity contribution is 1.12. The summed E-state index contributed by atoms with van der Waals surface area (Å²) in [6.45, 7) is 3.97. The fourth-order valence-corrected chi connectivity index (χ4v) is 2.06. The molecule has 0 aliphatic carbocycles. The average molecular weight is 317 g/mol. The van der Waals surface area contributed by atoms with Crippen LogP contribution in [0.2, 0.25) is 0 Å². The van der Waals surface area contributed by atoms with Crippen molar-refractivity contribution in [2.24, 2.45) is 0 Å². The van der Waals surface area contributed by atoms with Crippen molar-refractivity contribution in [3.05, 3.63) is 59.8 Å². The highest BCUT2D eigenvalue weighted by Crippen LogP contribution is 2.20. The molecule has 3 aromatic heterocycles. The van der Waals surface area contributed by atoms with Gasteiger partial charge in [0.1, 0.15) is 29.9 Å². The number of aromatic nitrogens is 4. The Morgan fingerprint density at radius 1 is 1.00 bits per heavy atom. The molecule has 0 aromatic carbocycles. The van der Waals surface area contributed by atoms with E-state index in [0.717, 1.165) is 11.3 Å². The van der Waals surface area contributed by atoms with Crippen molar-refractivity contribution in [3.63, 3.8) is 0 Å². The second-order valence-corrected chi connectivity index (χ2v) is 5.17. The van der Waals surface area contributed by atoms with Crippen molar-refractivity contribution in [2.75, 3.05) is 10.6 Å². The number of hydrogen-bond acceptors (Lipinski definition) is 7. The highest BCUT2D eigenvalue weighted by atomic mass is 15.1. The number of anilines is 4. The summed E-state index contributed by atoms with van der Waals surface area (Å²) in [4.78, 5) is 16.8. The van der Waals surface area contributed by atoms with E-state index in [1.54, 1.807) is 18.3 Å². The summed E-state index contributed by atoms with van der Waals surface area (Å²) >= 11 is 0. The van der Waals surface area contributed by atoms with Crippen molar-refractivity contribution in [3.8, 4) is 6.07 Å².